The van der Waals surface area contributed by atoms with E-state index in [9.17, 15) is 0 Å². The SMILES string of the molecule is O.O=S(=O)(O)O.[AlH3].[Co].[H-].[H-].[Mg+2].[Ni]. The van der Waals surface area contributed by atoms with Gasteiger partial charge in [0, 0.05) is 33.3 Å². The predicted molar refractivity (Wildman–Crippen MR) is 35.7 cm³/mol. The van der Waals surface area contributed by atoms with Gasteiger partial charge in [-0.3, -0.25) is 9.11 Å². The second kappa shape index (κ2) is 17.3. The summed E-state index contributed by atoms with van der Waals surface area (Å²) in [5.41, 5.74) is 0. The average molecular weight is 290 g/mol. The molecule has 0 aromatic rings. The molecular formula is H9AlCoMgNiO5S. The van der Waals surface area contributed by atoms with E-state index in [-0.39, 0.29) is 82.0 Å². The maximum atomic E-state index is 8.74. The van der Waals surface area contributed by atoms with Gasteiger partial charge in [-0.05, 0) is 0 Å². The summed E-state index contributed by atoms with van der Waals surface area (Å²) in [6, 6.07) is 0. The molecule has 0 aliphatic heterocycles. The summed E-state index contributed by atoms with van der Waals surface area (Å²) in [5, 5.41) is 0. The fraction of sp³-hybridized carbons (Fsp3) is 0. The molecule has 0 aromatic heterocycles. The van der Waals surface area contributed by atoms with Crippen LogP contribution < -0.4 is 0 Å². The fourth-order valence-electron chi connectivity index (χ4n) is 0. The zero-order valence-electron chi connectivity index (χ0n) is 5.98. The van der Waals surface area contributed by atoms with Gasteiger partial charge in [0.1, 0.15) is 0 Å². The Morgan fingerprint density at radius 1 is 1.20 bits per heavy atom. The first-order valence-electron chi connectivity index (χ1n) is 0.698. The Balaban J connectivity index is -0.00000000381. The van der Waals surface area contributed by atoms with Crippen LogP contribution in [0.5, 0.6) is 0 Å². The zero-order valence-corrected chi connectivity index (χ0v) is 8.24. The molecule has 0 atom stereocenters. The van der Waals surface area contributed by atoms with Crippen molar-refractivity contribution in [3.05, 3.63) is 0 Å². The van der Waals surface area contributed by atoms with Gasteiger partial charge in [0.15, 0.2) is 17.4 Å². The molecule has 0 amide bonds. The molecule has 0 aromatic carbocycles. The molecule has 0 unspecified atom stereocenters. The van der Waals surface area contributed by atoms with Crippen LogP contribution in [-0.4, -0.2) is 63.4 Å². The largest absolute Gasteiger partial charge is 2.00 e. The smallest absolute Gasteiger partial charge is 1.00 e. The molecule has 0 saturated carbocycles. The first-order chi connectivity index (χ1) is 2.00. The average Bonchev–Trinajstić information content (AvgIpc) is 0.722. The van der Waals surface area contributed by atoms with E-state index in [1.807, 2.05) is 0 Å². The molecule has 0 bridgehead atoms. The minimum absolute atomic E-state index is 0. The Morgan fingerprint density at radius 3 is 1.20 bits per heavy atom. The normalized spacial score (nSPS) is 5.80. The Labute approximate surface area is 109 Å². The van der Waals surface area contributed by atoms with Crippen molar-refractivity contribution in [1.82, 2.24) is 0 Å². The van der Waals surface area contributed by atoms with Crippen LogP contribution in [0.2, 0.25) is 0 Å². The van der Waals surface area contributed by atoms with E-state index < -0.39 is 10.4 Å². The minimum Gasteiger partial charge on any atom is -1.00 e. The molecule has 0 spiro atoms. The Bertz CT molecular complexity index is 113. The van der Waals surface area contributed by atoms with Crippen LogP contribution >= 0.6 is 0 Å². The molecule has 4 N–H and O–H groups in total. The molecule has 1 radical (unpaired) electrons. The van der Waals surface area contributed by atoms with Crippen LogP contribution in [-0.2, 0) is 43.7 Å². The fourth-order valence-corrected chi connectivity index (χ4v) is 0. The topological polar surface area (TPSA) is 106 Å². The first-order valence-corrected chi connectivity index (χ1v) is 2.10. The van der Waals surface area contributed by atoms with Crippen molar-refractivity contribution in [2.75, 3.05) is 0 Å². The van der Waals surface area contributed by atoms with Gasteiger partial charge in [-0.2, -0.15) is 8.42 Å². The Kier molecular flexibility index (Phi) is 69.1. The van der Waals surface area contributed by atoms with Crippen LogP contribution in [0.25, 0.3) is 0 Å². The summed E-state index contributed by atoms with van der Waals surface area (Å²) in [5.74, 6) is 0. The van der Waals surface area contributed by atoms with E-state index in [2.05, 4.69) is 0 Å². The third-order valence-electron chi connectivity index (χ3n) is 0. The monoisotopic (exact) mass is 289 g/mol. The van der Waals surface area contributed by atoms with Gasteiger partial charge in [0.2, 0.25) is 0 Å². The van der Waals surface area contributed by atoms with Gasteiger partial charge in [0.25, 0.3) is 0 Å². The van der Waals surface area contributed by atoms with Crippen molar-refractivity contribution in [2.45, 2.75) is 0 Å². The summed E-state index contributed by atoms with van der Waals surface area (Å²) in [6.07, 6.45) is 0. The van der Waals surface area contributed by atoms with Crippen molar-refractivity contribution in [2.24, 2.45) is 0 Å². The minimum atomic E-state index is -4.67. The van der Waals surface area contributed by atoms with E-state index in [4.69, 9.17) is 17.5 Å². The predicted octanol–water partition coefficient (Wildman–Crippen LogP) is -2.82. The van der Waals surface area contributed by atoms with Crippen LogP contribution in [0.1, 0.15) is 2.85 Å². The van der Waals surface area contributed by atoms with E-state index in [1.54, 1.807) is 0 Å². The number of hydrogen-bond acceptors (Lipinski definition) is 2. The van der Waals surface area contributed by atoms with Crippen molar-refractivity contribution in [3.63, 3.8) is 0 Å². The molecule has 0 heterocycles. The van der Waals surface area contributed by atoms with Gasteiger partial charge in [-0.1, -0.05) is 0 Å². The first kappa shape index (κ1) is 40.0. The van der Waals surface area contributed by atoms with Crippen molar-refractivity contribution < 1.29 is 59.1 Å². The molecule has 5 nitrogen and oxygen atoms in total. The standard InChI is InChI=1S/Al.Co.Mg.Ni.H2O4S.H2O.5H/c;;;;1-5(2,3)4;;;;;;/h;;;;(H2,1,2,3,4);1H2;;;;;/q;;+2;;;;;;;2*-1. The molecule has 0 rings (SSSR count). The molecular weight excluding hydrogens is 281 g/mol. The molecule has 69 valence electrons. The van der Waals surface area contributed by atoms with Gasteiger partial charge >= 0.3 is 33.5 Å². The van der Waals surface area contributed by atoms with Gasteiger partial charge < -0.3 is 8.33 Å². The number of hydrogen-bond donors (Lipinski definition) is 2. The summed E-state index contributed by atoms with van der Waals surface area (Å²) in [6.45, 7) is 0. The van der Waals surface area contributed by atoms with Crippen LogP contribution in [0.4, 0.5) is 0 Å². The Hall–Kier alpha value is 2.13. The summed E-state index contributed by atoms with van der Waals surface area (Å²) in [7, 11) is -4.67. The molecule has 0 aliphatic carbocycles. The Morgan fingerprint density at radius 2 is 1.20 bits per heavy atom. The van der Waals surface area contributed by atoms with Crippen molar-refractivity contribution >= 4 is 50.8 Å². The van der Waals surface area contributed by atoms with Crippen molar-refractivity contribution in [3.8, 4) is 0 Å². The van der Waals surface area contributed by atoms with Crippen LogP contribution in [0.15, 0.2) is 0 Å². The van der Waals surface area contributed by atoms with Crippen LogP contribution in [0.3, 0.4) is 0 Å². The second-order valence-electron chi connectivity index (χ2n) is 0.448. The van der Waals surface area contributed by atoms with Gasteiger partial charge in [-0.15, -0.1) is 0 Å². The molecule has 0 saturated heterocycles. The van der Waals surface area contributed by atoms with E-state index in [0.717, 1.165) is 0 Å². The van der Waals surface area contributed by atoms with E-state index >= 15 is 0 Å². The second-order valence-corrected chi connectivity index (χ2v) is 1.34. The summed E-state index contributed by atoms with van der Waals surface area (Å²) in [4.78, 5) is 0. The van der Waals surface area contributed by atoms with E-state index in [1.165, 1.54) is 0 Å². The maximum Gasteiger partial charge on any atom is 2.00 e. The molecule has 0 fully saturated rings. The summed E-state index contributed by atoms with van der Waals surface area (Å²) >= 11 is 0. The van der Waals surface area contributed by atoms with Crippen LogP contribution in [0, 0.1) is 0 Å². The molecule has 0 aliphatic rings. The zero-order chi connectivity index (χ0) is 4.50. The molecule has 10 heteroatoms. The van der Waals surface area contributed by atoms with Gasteiger partial charge in [-0.25, -0.2) is 0 Å². The van der Waals surface area contributed by atoms with E-state index in [0.29, 0.717) is 0 Å². The summed E-state index contributed by atoms with van der Waals surface area (Å²) < 4.78 is 31.6. The third-order valence-corrected chi connectivity index (χ3v) is 0. The maximum absolute atomic E-state index is 8.74. The third kappa shape index (κ3) is 186. The van der Waals surface area contributed by atoms with Gasteiger partial charge in [0.05, 0.1) is 0 Å². The molecule has 10 heavy (non-hydrogen) atoms. The quantitative estimate of drug-likeness (QED) is 0.370. The number of rotatable bonds is 0. The van der Waals surface area contributed by atoms with Crippen molar-refractivity contribution in [1.29, 1.82) is 0 Å².